The molecule has 1 heterocycles. The van der Waals surface area contributed by atoms with E-state index in [-0.39, 0.29) is 24.4 Å². The van der Waals surface area contributed by atoms with Crippen LogP contribution in [-0.4, -0.2) is 30.2 Å². The molecular weight excluding hydrogens is 193 g/mol. The van der Waals surface area contributed by atoms with Crippen LogP contribution in [0.5, 0.6) is 0 Å². The van der Waals surface area contributed by atoms with Crippen LogP contribution in [0.3, 0.4) is 0 Å². The number of benzene rings is 1. The van der Waals surface area contributed by atoms with E-state index < -0.39 is 0 Å². The lowest BCUT2D eigenvalue weighted by Crippen LogP contribution is -2.19. The molecule has 0 unspecified atom stereocenters. The van der Waals surface area contributed by atoms with E-state index in [1.54, 1.807) is 6.07 Å². The van der Waals surface area contributed by atoms with Crippen LogP contribution in [0.25, 0.3) is 0 Å². The molecule has 3 heteroatoms. The van der Waals surface area contributed by atoms with Crippen molar-refractivity contribution < 1.29 is 9.50 Å². The topological polar surface area (TPSA) is 23.5 Å². The number of likely N-dealkylation sites (tertiary alicyclic amines) is 1. The molecule has 1 aliphatic rings. The Morgan fingerprint density at radius 3 is 2.80 bits per heavy atom. The highest BCUT2D eigenvalue weighted by molar-refractivity contribution is 5.22. The molecule has 0 aliphatic carbocycles. The van der Waals surface area contributed by atoms with E-state index in [2.05, 4.69) is 4.90 Å². The van der Waals surface area contributed by atoms with Crippen molar-refractivity contribution in [3.63, 3.8) is 0 Å². The second-order valence-electron chi connectivity index (χ2n) is 4.26. The number of hydrogen-bond donors (Lipinski definition) is 1. The lowest BCUT2D eigenvalue weighted by molar-refractivity contribution is 0.227. The lowest BCUT2D eigenvalue weighted by atomic mass is 10.00. The predicted molar refractivity (Wildman–Crippen MR) is 57.0 cm³/mol. The minimum atomic E-state index is -0.145. The maximum absolute atomic E-state index is 13.6. The first-order valence-electron chi connectivity index (χ1n) is 5.28. The molecule has 0 bridgehead atoms. The molecule has 1 aromatic rings. The van der Waals surface area contributed by atoms with Gasteiger partial charge in [-0.05, 0) is 25.5 Å². The highest BCUT2D eigenvalue weighted by atomic mass is 19.1. The average molecular weight is 209 g/mol. The van der Waals surface area contributed by atoms with Gasteiger partial charge in [-0.2, -0.15) is 0 Å². The van der Waals surface area contributed by atoms with Crippen LogP contribution in [0, 0.1) is 11.7 Å². The smallest absolute Gasteiger partial charge is 0.127 e. The third kappa shape index (κ3) is 2.03. The number of aliphatic hydroxyl groups excluding tert-OH is 1. The third-order valence-corrected chi connectivity index (χ3v) is 3.16. The van der Waals surface area contributed by atoms with Crippen molar-refractivity contribution in [1.82, 2.24) is 4.90 Å². The molecule has 15 heavy (non-hydrogen) atoms. The summed E-state index contributed by atoms with van der Waals surface area (Å²) in [5.41, 5.74) is 0.746. The third-order valence-electron chi connectivity index (χ3n) is 3.16. The number of aliphatic hydroxyl groups is 1. The summed E-state index contributed by atoms with van der Waals surface area (Å²) >= 11 is 0. The van der Waals surface area contributed by atoms with Crippen molar-refractivity contribution in [3.05, 3.63) is 35.6 Å². The zero-order valence-corrected chi connectivity index (χ0v) is 8.86. The molecule has 82 valence electrons. The summed E-state index contributed by atoms with van der Waals surface area (Å²) in [7, 11) is 1.98. The van der Waals surface area contributed by atoms with Crippen molar-refractivity contribution in [2.75, 3.05) is 20.2 Å². The van der Waals surface area contributed by atoms with Crippen LogP contribution in [-0.2, 0) is 0 Å². The van der Waals surface area contributed by atoms with E-state index >= 15 is 0 Å². The Balaban J connectivity index is 2.21. The quantitative estimate of drug-likeness (QED) is 0.803. The van der Waals surface area contributed by atoms with E-state index in [0.29, 0.717) is 0 Å². The van der Waals surface area contributed by atoms with Gasteiger partial charge in [0.15, 0.2) is 0 Å². The van der Waals surface area contributed by atoms with E-state index in [1.807, 2.05) is 19.2 Å². The average Bonchev–Trinajstić information content (AvgIpc) is 2.60. The molecule has 1 N–H and O–H groups in total. The molecule has 2 rings (SSSR count). The second-order valence-corrected chi connectivity index (χ2v) is 4.26. The molecule has 2 atom stereocenters. The Hall–Kier alpha value is -0.930. The molecular formula is C12H16FNO. The fraction of sp³-hybridized carbons (Fsp3) is 0.500. The molecule has 0 aromatic heterocycles. The summed E-state index contributed by atoms with van der Waals surface area (Å²) in [6.45, 7) is 1.03. The monoisotopic (exact) mass is 209 g/mol. The molecule has 0 spiro atoms. The van der Waals surface area contributed by atoms with E-state index in [4.69, 9.17) is 5.11 Å². The molecule has 1 fully saturated rings. The van der Waals surface area contributed by atoms with Crippen molar-refractivity contribution >= 4 is 0 Å². The summed E-state index contributed by atoms with van der Waals surface area (Å²) < 4.78 is 13.6. The predicted octanol–water partition coefficient (Wildman–Crippen LogP) is 1.81. The van der Waals surface area contributed by atoms with E-state index in [1.165, 1.54) is 6.07 Å². The minimum absolute atomic E-state index is 0.114. The van der Waals surface area contributed by atoms with Crippen LogP contribution in [0.2, 0.25) is 0 Å². The molecule has 1 saturated heterocycles. The van der Waals surface area contributed by atoms with Gasteiger partial charge in [-0.15, -0.1) is 0 Å². The van der Waals surface area contributed by atoms with Crippen molar-refractivity contribution in [2.45, 2.75) is 12.5 Å². The lowest BCUT2D eigenvalue weighted by Gasteiger charge is -2.19. The number of nitrogens with zero attached hydrogens (tertiary/aromatic N) is 1. The van der Waals surface area contributed by atoms with Gasteiger partial charge in [0, 0.05) is 24.8 Å². The summed E-state index contributed by atoms with van der Waals surface area (Å²) in [6, 6.07) is 7.00. The first-order chi connectivity index (χ1) is 7.22. The second kappa shape index (κ2) is 4.29. The van der Waals surface area contributed by atoms with E-state index in [0.717, 1.165) is 18.5 Å². The highest BCUT2D eigenvalue weighted by Crippen LogP contribution is 2.34. The van der Waals surface area contributed by atoms with Crippen molar-refractivity contribution in [2.24, 2.45) is 5.92 Å². The van der Waals surface area contributed by atoms with Gasteiger partial charge in [0.2, 0.25) is 0 Å². The van der Waals surface area contributed by atoms with Gasteiger partial charge >= 0.3 is 0 Å². The van der Waals surface area contributed by atoms with Gasteiger partial charge in [0.1, 0.15) is 5.82 Å². The normalized spacial score (nSPS) is 27.1. The van der Waals surface area contributed by atoms with Crippen LogP contribution in [0.15, 0.2) is 24.3 Å². The van der Waals surface area contributed by atoms with Crippen molar-refractivity contribution in [1.29, 1.82) is 0 Å². The van der Waals surface area contributed by atoms with Crippen LogP contribution in [0.1, 0.15) is 18.0 Å². The zero-order chi connectivity index (χ0) is 10.8. The summed E-state index contributed by atoms with van der Waals surface area (Å²) in [4.78, 5) is 2.11. The van der Waals surface area contributed by atoms with Gasteiger partial charge in [-0.1, -0.05) is 18.2 Å². The first kappa shape index (κ1) is 10.6. The molecule has 1 aliphatic heterocycles. The molecule has 0 amide bonds. The zero-order valence-electron chi connectivity index (χ0n) is 8.86. The Labute approximate surface area is 89.3 Å². The van der Waals surface area contributed by atoms with Crippen molar-refractivity contribution in [3.8, 4) is 0 Å². The molecule has 1 aromatic carbocycles. The first-order valence-corrected chi connectivity index (χ1v) is 5.28. The van der Waals surface area contributed by atoms with Gasteiger partial charge in [0.05, 0.1) is 0 Å². The van der Waals surface area contributed by atoms with Gasteiger partial charge in [-0.3, -0.25) is 4.90 Å². The van der Waals surface area contributed by atoms with Gasteiger partial charge < -0.3 is 5.11 Å². The van der Waals surface area contributed by atoms with Crippen LogP contribution >= 0.6 is 0 Å². The maximum atomic E-state index is 13.6. The van der Waals surface area contributed by atoms with Gasteiger partial charge in [-0.25, -0.2) is 4.39 Å². The fourth-order valence-electron chi connectivity index (χ4n) is 2.35. The summed E-state index contributed by atoms with van der Waals surface area (Å²) in [5.74, 6) is 0.132. The van der Waals surface area contributed by atoms with E-state index in [9.17, 15) is 4.39 Å². The largest absolute Gasteiger partial charge is 0.396 e. The van der Waals surface area contributed by atoms with Gasteiger partial charge in [0.25, 0.3) is 0 Å². The maximum Gasteiger partial charge on any atom is 0.127 e. The van der Waals surface area contributed by atoms with Crippen LogP contribution < -0.4 is 0 Å². The number of halogens is 1. The Bertz CT molecular complexity index is 342. The highest BCUT2D eigenvalue weighted by Gasteiger charge is 2.31. The SMILES string of the molecule is CN1C[C@H](CO)C[C@H]1c1ccccc1F. The Morgan fingerprint density at radius 1 is 1.47 bits per heavy atom. The Kier molecular flexibility index (Phi) is 3.03. The molecule has 2 nitrogen and oxygen atoms in total. The summed E-state index contributed by atoms with van der Waals surface area (Å²) in [6.07, 6.45) is 0.841. The number of rotatable bonds is 2. The Morgan fingerprint density at radius 2 is 2.20 bits per heavy atom. The molecule has 0 radical (unpaired) electrons. The number of hydrogen-bond acceptors (Lipinski definition) is 2. The van der Waals surface area contributed by atoms with Crippen LogP contribution in [0.4, 0.5) is 4.39 Å². The standard InChI is InChI=1S/C12H16FNO/c1-14-7-9(8-15)6-12(14)10-4-2-3-5-11(10)13/h2-5,9,12,15H,6-8H2,1H3/t9-,12+/m1/s1. The molecule has 0 saturated carbocycles. The summed E-state index contributed by atoms with van der Waals surface area (Å²) in [5, 5.41) is 9.10. The minimum Gasteiger partial charge on any atom is -0.396 e. The fourth-order valence-corrected chi connectivity index (χ4v) is 2.35.